The van der Waals surface area contributed by atoms with Crippen LogP contribution in [0, 0.1) is 12.8 Å². The van der Waals surface area contributed by atoms with Crippen LogP contribution in [-0.4, -0.2) is 23.3 Å². The number of benzene rings is 1. The largest absolute Gasteiger partial charge is 0.312 e. The molecule has 2 aromatic rings. The van der Waals surface area contributed by atoms with Gasteiger partial charge in [-0.3, -0.25) is 9.59 Å². The Labute approximate surface area is 148 Å². The molecule has 1 saturated heterocycles. The zero-order chi connectivity index (χ0) is 17.8. The van der Waals surface area contributed by atoms with Crippen molar-refractivity contribution in [1.29, 1.82) is 0 Å². The summed E-state index contributed by atoms with van der Waals surface area (Å²) in [5.74, 6) is -0.00796. The highest BCUT2D eigenvalue weighted by atomic mass is 16.2. The number of nitrogens with zero attached hydrogens (tertiary/aromatic N) is 2. The number of hydrogen-bond acceptors (Lipinski definition) is 3. The van der Waals surface area contributed by atoms with Gasteiger partial charge in [-0.2, -0.15) is 0 Å². The second-order valence-corrected chi connectivity index (χ2v) is 6.53. The first-order valence-corrected chi connectivity index (χ1v) is 8.69. The molecule has 0 unspecified atom stereocenters. The number of rotatable bonds is 5. The van der Waals surface area contributed by atoms with Crippen LogP contribution in [0.4, 0.5) is 11.5 Å². The number of nitrogens with one attached hydrogen (secondary N) is 1. The highest BCUT2D eigenvalue weighted by Gasteiger charge is 2.35. The van der Waals surface area contributed by atoms with Crippen molar-refractivity contribution >= 4 is 23.3 Å². The highest BCUT2D eigenvalue weighted by Crippen LogP contribution is 2.26. The fourth-order valence-electron chi connectivity index (χ4n) is 3.03. The van der Waals surface area contributed by atoms with E-state index in [2.05, 4.69) is 29.4 Å². The van der Waals surface area contributed by atoms with Crippen molar-refractivity contribution in [2.24, 2.45) is 5.92 Å². The van der Waals surface area contributed by atoms with Gasteiger partial charge in [0.25, 0.3) is 0 Å². The van der Waals surface area contributed by atoms with Gasteiger partial charge in [0.1, 0.15) is 5.82 Å². The molecule has 2 amide bonds. The monoisotopic (exact) mass is 337 g/mol. The molecule has 1 atom stereocenters. The minimum absolute atomic E-state index is 0.0137. The first kappa shape index (κ1) is 17.1. The first-order valence-electron chi connectivity index (χ1n) is 8.69. The lowest BCUT2D eigenvalue weighted by Gasteiger charge is -2.17. The van der Waals surface area contributed by atoms with Gasteiger partial charge < -0.3 is 10.2 Å². The van der Waals surface area contributed by atoms with E-state index in [9.17, 15) is 9.59 Å². The predicted octanol–water partition coefficient (Wildman–Crippen LogP) is 3.33. The molecular formula is C20H23N3O2. The predicted molar refractivity (Wildman–Crippen MR) is 98.5 cm³/mol. The fourth-order valence-corrected chi connectivity index (χ4v) is 3.03. The molecule has 1 aliphatic heterocycles. The summed E-state index contributed by atoms with van der Waals surface area (Å²) in [7, 11) is 0. The summed E-state index contributed by atoms with van der Waals surface area (Å²) in [6.45, 7) is 4.49. The lowest BCUT2D eigenvalue weighted by molar-refractivity contribution is -0.122. The molecule has 130 valence electrons. The molecule has 1 aliphatic rings. The highest BCUT2D eigenvalue weighted by molar-refractivity contribution is 6.03. The molecule has 2 heterocycles. The van der Waals surface area contributed by atoms with E-state index in [1.165, 1.54) is 5.56 Å². The van der Waals surface area contributed by atoms with Crippen molar-refractivity contribution in [3.05, 3.63) is 53.7 Å². The van der Waals surface area contributed by atoms with Crippen LogP contribution in [0.1, 0.15) is 30.9 Å². The Bertz CT molecular complexity index is 754. The Morgan fingerprint density at radius 3 is 2.64 bits per heavy atom. The summed E-state index contributed by atoms with van der Waals surface area (Å²) in [5.41, 5.74) is 3.15. The fraction of sp³-hybridized carbons (Fsp3) is 0.350. The quantitative estimate of drug-likeness (QED) is 0.910. The Morgan fingerprint density at radius 2 is 2.00 bits per heavy atom. The molecule has 5 nitrogen and oxygen atoms in total. The lowest BCUT2D eigenvalue weighted by Crippen LogP contribution is -2.28. The van der Waals surface area contributed by atoms with Gasteiger partial charge in [-0.1, -0.05) is 31.5 Å². The molecule has 5 heteroatoms. The average Bonchev–Trinajstić information content (AvgIpc) is 3.00. The molecule has 1 aromatic carbocycles. The molecule has 0 radical (unpaired) electrons. The minimum atomic E-state index is -0.356. The van der Waals surface area contributed by atoms with Crippen LogP contribution in [0.5, 0.6) is 0 Å². The summed E-state index contributed by atoms with van der Waals surface area (Å²) < 4.78 is 0. The van der Waals surface area contributed by atoms with Crippen LogP contribution in [0.25, 0.3) is 0 Å². The molecule has 1 fully saturated rings. The van der Waals surface area contributed by atoms with Crippen LogP contribution < -0.4 is 10.2 Å². The van der Waals surface area contributed by atoms with Crippen LogP contribution in [-0.2, 0) is 16.0 Å². The van der Waals surface area contributed by atoms with Crippen LogP contribution in [0.2, 0.25) is 0 Å². The number of carbonyl (C=O) groups excluding carboxylic acids is 2. The Kier molecular flexibility index (Phi) is 5.12. The second-order valence-electron chi connectivity index (χ2n) is 6.53. The van der Waals surface area contributed by atoms with E-state index in [1.807, 2.05) is 25.1 Å². The number of anilines is 2. The van der Waals surface area contributed by atoms with Gasteiger partial charge in [-0.25, -0.2) is 4.98 Å². The normalized spacial score (nSPS) is 17.0. The summed E-state index contributed by atoms with van der Waals surface area (Å²) in [6.07, 6.45) is 4.06. The van der Waals surface area contributed by atoms with Gasteiger partial charge >= 0.3 is 0 Å². The smallest absolute Gasteiger partial charge is 0.230 e. The third-order valence-electron chi connectivity index (χ3n) is 4.45. The molecular weight excluding hydrogens is 314 g/mol. The van der Waals surface area contributed by atoms with Gasteiger partial charge in [0.15, 0.2) is 0 Å². The summed E-state index contributed by atoms with van der Waals surface area (Å²) in [4.78, 5) is 30.6. The van der Waals surface area contributed by atoms with Gasteiger partial charge in [0.05, 0.1) is 5.92 Å². The Balaban J connectivity index is 1.65. The van der Waals surface area contributed by atoms with E-state index in [1.54, 1.807) is 17.2 Å². The third kappa shape index (κ3) is 4.05. The van der Waals surface area contributed by atoms with E-state index in [-0.39, 0.29) is 24.2 Å². The van der Waals surface area contributed by atoms with Crippen LogP contribution in [0.15, 0.2) is 42.6 Å². The maximum Gasteiger partial charge on any atom is 0.230 e. The molecule has 1 aromatic heterocycles. The van der Waals surface area contributed by atoms with Gasteiger partial charge in [-0.05, 0) is 42.7 Å². The molecule has 3 rings (SSSR count). The van der Waals surface area contributed by atoms with Crippen molar-refractivity contribution in [1.82, 2.24) is 4.98 Å². The first-order chi connectivity index (χ1) is 12.1. The summed E-state index contributed by atoms with van der Waals surface area (Å²) in [5, 5.41) is 2.80. The lowest BCUT2D eigenvalue weighted by atomic mass is 10.1. The van der Waals surface area contributed by atoms with Gasteiger partial charge in [0.2, 0.25) is 11.8 Å². The SMILES string of the molecule is CCCc1ccc(N2C[C@H](C(=O)Nc3ccc(C)cn3)CC2=O)cc1. The van der Waals surface area contributed by atoms with Crippen molar-refractivity contribution < 1.29 is 9.59 Å². The van der Waals surface area contributed by atoms with Crippen molar-refractivity contribution in [3.63, 3.8) is 0 Å². The zero-order valence-corrected chi connectivity index (χ0v) is 14.7. The number of carbonyl (C=O) groups is 2. The minimum Gasteiger partial charge on any atom is -0.312 e. The van der Waals surface area contributed by atoms with E-state index in [4.69, 9.17) is 0 Å². The maximum absolute atomic E-state index is 12.4. The topological polar surface area (TPSA) is 62.3 Å². The number of aryl methyl sites for hydroxylation is 2. The van der Waals surface area contributed by atoms with Crippen LogP contribution >= 0.6 is 0 Å². The Morgan fingerprint density at radius 1 is 1.24 bits per heavy atom. The molecule has 0 aliphatic carbocycles. The number of amides is 2. The van der Waals surface area contributed by atoms with E-state index >= 15 is 0 Å². The van der Waals surface area contributed by atoms with Gasteiger partial charge in [0, 0.05) is 24.8 Å². The molecule has 0 saturated carbocycles. The zero-order valence-electron chi connectivity index (χ0n) is 14.7. The molecule has 25 heavy (non-hydrogen) atoms. The number of pyridine rings is 1. The maximum atomic E-state index is 12.4. The molecule has 0 bridgehead atoms. The van der Waals surface area contributed by atoms with E-state index < -0.39 is 0 Å². The van der Waals surface area contributed by atoms with Gasteiger partial charge in [-0.15, -0.1) is 0 Å². The molecule has 0 spiro atoms. The van der Waals surface area contributed by atoms with Crippen molar-refractivity contribution in [3.8, 4) is 0 Å². The molecule has 1 N–H and O–H groups in total. The summed E-state index contributed by atoms with van der Waals surface area (Å²) in [6, 6.07) is 11.7. The van der Waals surface area contributed by atoms with Crippen molar-refractivity contribution in [2.45, 2.75) is 33.1 Å². The van der Waals surface area contributed by atoms with E-state index in [0.29, 0.717) is 12.4 Å². The van der Waals surface area contributed by atoms with E-state index in [0.717, 1.165) is 24.1 Å². The Hall–Kier alpha value is -2.69. The summed E-state index contributed by atoms with van der Waals surface area (Å²) >= 11 is 0. The standard InChI is InChI=1S/C20H23N3O2/c1-3-4-15-6-8-17(9-7-15)23-13-16(11-19(23)24)20(25)22-18-10-5-14(2)12-21-18/h5-10,12,16H,3-4,11,13H2,1-2H3,(H,21,22,25)/t16-/m1/s1. The van der Waals surface area contributed by atoms with Crippen molar-refractivity contribution in [2.75, 3.05) is 16.8 Å². The number of hydrogen-bond donors (Lipinski definition) is 1. The number of aromatic nitrogens is 1. The third-order valence-corrected chi connectivity index (χ3v) is 4.45. The average molecular weight is 337 g/mol. The second kappa shape index (κ2) is 7.47. The van der Waals surface area contributed by atoms with Crippen LogP contribution in [0.3, 0.4) is 0 Å².